The van der Waals surface area contributed by atoms with Gasteiger partial charge in [0.2, 0.25) is 0 Å². The van der Waals surface area contributed by atoms with Crippen molar-refractivity contribution in [2.45, 2.75) is 50.9 Å². The van der Waals surface area contributed by atoms with Crippen LogP contribution in [0.1, 0.15) is 31.7 Å². The van der Waals surface area contributed by atoms with Gasteiger partial charge in [0.05, 0.1) is 6.20 Å². The average molecular weight is 211 g/mol. The summed E-state index contributed by atoms with van der Waals surface area (Å²) in [5, 5.41) is 4.15. The summed E-state index contributed by atoms with van der Waals surface area (Å²) < 4.78 is 16.1. The lowest BCUT2D eigenvalue weighted by molar-refractivity contribution is 0.170. The Balaban J connectivity index is 2.02. The molecule has 0 spiro atoms. The van der Waals surface area contributed by atoms with E-state index in [1.54, 1.807) is 6.20 Å². The molecule has 1 saturated carbocycles. The Bertz CT molecular complexity index is 336. The highest BCUT2D eigenvalue weighted by molar-refractivity contribution is 5.10. The number of alkyl halides is 1. The van der Waals surface area contributed by atoms with Gasteiger partial charge in [0.25, 0.3) is 0 Å². The standard InChI is InChI=1S/C11H18FN3/c1-2-15-8-9(7-14-15)5-11(12)4-3-10(13)6-11/h7-8,10H,2-6,13H2,1H3. The molecule has 0 bridgehead atoms. The van der Waals surface area contributed by atoms with Crippen LogP contribution in [0, 0.1) is 0 Å². The molecule has 1 aliphatic carbocycles. The van der Waals surface area contributed by atoms with Crippen LogP contribution in [0.15, 0.2) is 12.4 Å². The van der Waals surface area contributed by atoms with Gasteiger partial charge in [-0.2, -0.15) is 5.10 Å². The van der Waals surface area contributed by atoms with E-state index in [0.717, 1.165) is 18.5 Å². The summed E-state index contributed by atoms with van der Waals surface area (Å²) >= 11 is 0. The van der Waals surface area contributed by atoms with Gasteiger partial charge in [0.15, 0.2) is 0 Å². The van der Waals surface area contributed by atoms with Crippen molar-refractivity contribution in [3.8, 4) is 0 Å². The molecule has 84 valence electrons. The Morgan fingerprint density at radius 1 is 1.73 bits per heavy atom. The van der Waals surface area contributed by atoms with Crippen LogP contribution in [-0.2, 0) is 13.0 Å². The predicted molar refractivity (Wildman–Crippen MR) is 57.3 cm³/mol. The summed E-state index contributed by atoms with van der Waals surface area (Å²) in [6, 6.07) is 0.0382. The zero-order valence-electron chi connectivity index (χ0n) is 9.12. The van der Waals surface area contributed by atoms with E-state index in [2.05, 4.69) is 5.10 Å². The summed E-state index contributed by atoms with van der Waals surface area (Å²) in [5.74, 6) is 0. The zero-order chi connectivity index (χ0) is 10.9. The molecule has 0 radical (unpaired) electrons. The Kier molecular flexibility index (Phi) is 2.78. The minimum absolute atomic E-state index is 0.0382. The smallest absolute Gasteiger partial charge is 0.116 e. The number of rotatable bonds is 3. The number of aryl methyl sites for hydroxylation is 1. The van der Waals surface area contributed by atoms with Crippen molar-refractivity contribution in [2.75, 3.05) is 0 Å². The molecule has 3 nitrogen and oxygen atoms in total. The maximum Gasteiger partial charge on any atom is 0.116 e. The van der Waals surface area contributed by atoms with E-state index in [1.807, 2.05) is 17.8 Å². The van der Waals surface area contributed by atoms with Crippen LogP contribution >= 0.6 is 0 Å². The van der Waals surface area contributed by atoms with Gasteiger partial charge in [0.1, 0.15) is 5.67 Å². The third-order valence-corrected chi connectivity index (χ3v) is 3.12. The SMILES string of the molecule is CCn1cc(CC2(F)CCC(N)C2)cn1. The van der Waals surface area contributed by atoms with Crippen molar-refractivity contribution in [1.82, 2.24) is 9.78 Å². The molecule has 0 aliphatic heterocycles. The van der Waals surface area contributed by atoms with Gasteiger partial charge in [-0.25, -0.2) is 4.39 Å². The average Bonchev–Trinajstić information content (AvgIpc) is 2.74. The van der Waals surface area contributed by atoms with E-state index in [1.165, 1.54) is 0 Å². The number of halogens is 1. The van der Waals surface area contributed by atoms with Gasteiger partial charge in [-0.15, -0.1) is 0 Å². The molecule has 0 saturated heterocycles. The minimum Gasteiger partial charge on any atom is -0.328 e. The van der Waals surface area contributed by atoms with Crippen LogP contribution in [-0.4, -0.2) is 21.5 Å². The number of aromatic nitrogens is 2. The molecule has 1 heterocycles. The molecule has 4 heteroatoms. The second-order valence-corrected chi connectivity index (χ2v) is 4.53. The first-order chi connectivity index (χ1) is 7.11. The van der Waals surface area contributed by atoms with E-state index >= 15 is 0 Å². The first-order valence-corrected chi connectivity index (χ1v) is 5.57. The molecule has 2 N–H and O–H groups in total. The Hall–Kier alpha value is -0.900. The lowest BCUT2D eigenvalue weighted by Crippen LogP contribution is -2.25. The Labute approximate surface area is 89.5 Å². The Morgan fingerprint density at radius 3 is 3.07 bits per heavy atom. The summed E-state index contributed by atoms with van der Waals surface area (Å²) in [4.78, 5) is 0. The van der Waals surface area contributed by atoms with Crippen LogP contribution in [0.25, 0.3) is 0 Å². The highest BCUT2D eigenvalue weighted by Crippen LogP contribution is 2.35. The number of hydrogen-bond donors (Lipinski definition) is 1. The molecule has 1 aromatic heterocycles. The molecule has 1 aliphatic rings. The summed E-state index contributed by atoms with van der Waals surface area (Å²) in [6.07, 6.45) is 6.02. The molecular weight excluding hydrogens is 193 g/mol. The Morgan fingerprint density at radius 2 is 2.53 bits per heavy atom. The first-order valence-electron chi connectivity index (χ1n) is 5.57. The molecule has 15 heavy (non-hydrogen) atoms. The van der Waals surface area contributed by atoms with E-state index in [9.17, 15) is 4.39 Å². The fourth-order valence-corrected chi connectivity index (χ4v) is 2.32. The maximum absolute atomic E-state index is 14.2. The van der Waals surface area contributed by atoms with Gasteiger partial charge in [0, 0.05) is 25.2 Å². The van der Waals surface area contributed by atoms with Crippen molar-refractivity contribution in [1.29, 1.82) is 0 Å². The second kappa shape index (κ2) is 3.93. The second-order valence-electron chi connectivity index (χ2n) is 4.53. The van der Waals surface area contributed by atoms with Crippen molar-refractivity contribution in [3.63, 3.8) is 0 Å². The largest absolute Gasteiger partial charge is 0.328 e. The highest BCUT2D eigenvalue weighted by atomic mass is 19.1. The van der Waals surface area contributed by atoms with E-state index in [-0.39, 0.29) is 6.04 Å². The maximum atomic E-state index is 14.2. The number of nitrogens with zero attached hydrogens (tertiary/aromatic N) is 2. The molecule has 1 aromatic rings. The van der Waals surface area contributed by atoms with E-state index in [0.29, 0.717) is 19.3 Å². The van der Waals surface area contributed by atoms with Crippen molar-refractivity contribution in [3.05, 3.63) is 18.0 Å². The topological polar surface area (TPSA) is 43.8 Å². The van der Waals surface area contributed by atoms with Gasteiger partial charge < -0.3 is 5.73 Å². The molecule has 2 atom stereocenters. The van der Waals surface area contributed by atoms with Gasteiger partial charge in [-0.1, -0.05) is 0 Å². The molecule has 0 aromatic carbocycles. The normalized spacial score (nSPS) is 31.0. The number of nitrogens with two attached hydrogens (primary N) is 1. The summed E-state index contributed by atoms with van der Waals surface area (Å²) in [7, 11) is 0. The first kappa shape index (κ1) is 10.6. The zero-order valence-corrected chi connectivity index (χ0v) is 9.12. The van der Waals surface area contributed by atoms with Crippen molar-refractivity contribution < 1.29 is 4.39 Å². The molecular formula is C11H18FN3. The molecule has 2 unspecified atom stereocenters. The van der Waals surface area contributed by atoms with Crippen LogP contribution in [0.4, 0.5) is 4.39 Å². The third kappa shape index (κ3) is 2.37. The van der Waals surface area contributed by atoms with Crippen LogP contribution in [0.5, 0.6) is 0 Å². The lowest BCUT2D eigenvalue weighted by atomic mass is 9.96. The monoisotopic (exact) mass is 211 g/mol. The van der Waals surface area contributed by atoms with Gasteiger partial charge in [-0.3, -0.25) is 4.68 Å². The van der Waals surface area contributed by atoms with Gasteiger partial charge >= 0.3 is 0 Å². The summed E-state index contributed by atoms with van der Waals surface area (Å²) in [5.41, 5.74) is 5.62. The van der Waals surface area contributed by atoms with Gasteiger partial charge in [-0.05, 0) is 31.7 Å². The van der Waals surface area contributed by atoms with Crippen LogP contribution < -0.4 is 5.73 Å². The lowest BCUT2D eigenvalue weighted by Gasteiger charge is -2.17. The van der Waals surface area contributed by atoms with E-state index in [4.69, 9.17) is 5.73 Å². The highest BCUT2D eigenvalue weighted by Gasteiger charge is 2.38. The minimum atomic E-state index is -1.10. The fourth-order valence-electron chi connectivity index (χ4n) is 2.32. The molecule has 2 rings (SSSR count). The van der Waals surface area contributed by atoms with Crippen molar-refractivity contribution >= 4 is 0 Å². The van der Waals surface area contributed by atoms with Crippen LogP contribution in [0.2, 0.25) is 0 Å². The molecule has 0 amide bonds. The van der Waals surface area contributed by atoms with Crippen LogP contribution in [0.3, 0.4) is 0 Å². The third-order valence-electron chi connectivity index (χ3n) is 3.12. The number of hydrogen-bond acceptors (Lipinski definition) is 2. The fraction of sp³-hybridized carbons (Fsp3) is 0.727. The summed E-state index contributed by atoms with van der Waals surface area (Å²) in [6.45, 7) is 2.85. The van der Waals surface area contributed by atoms with E-state index < -0.39 is 5.67 Å². The predicted octanol–water partition coefficient (Wildman–Crippen LogP) is 1.66. The molecule has 1 fully saturated rings. The van der Waals surface area contributed by atoms with Crippen molar-refractivity contribution in [2.24, 2.45) is 5.73 Å². The quantitative estimate of drug-likeness (QED) is 0.826.